The summed E-state index contributed by atoms with van der Waals surface area (Å²) in [5, 5.41) is 4.41. The van der Waals surface area contributed by atoms with Gasteiger partial charge in [0.1, 0.15) is 5.75 Å². The number of ether oxygens (including phenoxy) is 1. The molecule has 0 heterocycles. The Kier molecular flexibility index (Phi) is 2.54. The lowest BCUT2D eigenvalue weighted by Crippen LogP contribution is -2.22. The Labute approximate surface area is 87.7 Å². The van der Waals surface area contributed by atoms with Gasteiger partial charge in [0, 0.05) is 12.4 Å². The van der Waals surface area contributed by atoms with Crippen molar-refractivity contribution in [3.8, 4) is 5.75 Å². The van der Waals surface area contributed by atoms with Crippen LogP contribution in [-0.2, 0) is 0 Å². The molecular formula is C12H11NO2. The van der Waals surface area contributed by atoms with Gasteiger partial charge in [-0.2, -0.15) is 0 Å². The van der Waals surface area contributed by atoms with E-state index in [4.69, 9.17) is 4.74 Å². The molecular weight excluding hydrogens is 192 g/mol. The molecule has 0 unspecified atom stereocenters. The zero-order chi connectivity index (χ0) is 10.7. The van der Waals surface area contributed by atoms with Crippen LogP contribution in [0.4, 0.5) is 4.79 Å². The number of hydrogen-bond acceptors (Lipinski definition) is 2. The summed E-state index contributed by atoms with van der Waals surface area (Å²) in [5.74, 6) is 0.576. The molecule has 0 bridgehead atoms. The van der Waals surface area contributed by atoms with Crippen LogP contribution in [0, 0.1) is 0 Å². The van der Waals surface area contributed by atoms with Gasteiger partial charge >= 0.3 is 6.09 Å². The van der Waals surface area contributed by atoms with Crippen molar-refractivity contribution in [2.45, 2.75) is 0 Å². The summed E-state index contributed by atoms with van der Waals surface area (Å²) in [5.41, 5.74) is 0. The second-order valence-electron chi connectivity index (χ2n) is 3.12. The second-order valence-corrected chi connectivity index (χ2v) is 3.12. The Balaban J connectivity index is 2.46. The Hall–Kier alpha value is -2.03. The molecule has 1 N–H and O–H groups in total. The minimum atomic E-state index is -0.452. The van der Waals surface area contributed by atoms with Gasteiger partial charge in [0.2, 0.25) is 0 Å². The molecule has 2 rings (SSSR count). The quantitative estimate of drug-likeness (QED) is 0.773. The van der Waals surface area contributed by atoms with Gasteiger partial charge in [-0.25, -0.2) is 4.79 Å². The van der Waals surface area contributed by atoms with Gasteiger partial charge in [-0.3, -0.25) is 0 Å². The van der Waals surface area contributed by atoms with Gasteiger partial charge in [-0.1, -0.05) is 36.4 Å². The molecule has 2 aromatic rings. The molecule has 3 nitrogen and oxygen atoms in total. The average molecular weight is 203 g/mol. The Morgan fingerprint density at radius 3 is 2.80 bits per heavy atom. The number of amides is 1. The molecule has 15 heavy (non-hydrogen) atoms. The molecule has 0 atom stereocenters. The maximum absolute atomic E-state index is 11.1. The molecule has 0 fully saturated rings. The molecule has 0 radical (unpaired) electrons. The van der Waals surface area contributed by atoms with Gasteiger partial charge in [-0.15, -0.1) is 0 Å². The average Bonchev–Trinajstić information content (AvgIpc) is 2.29. The monoisotopic (exact) mass is 203 g/mol. The van der Waals surface area contributed by atoms with Crippen molar-refractivity contribution in [1.82, 2.24) is 5.32 Å². The highest BCUT2D eigenvalue weighted by Crippen LogP contribution is 2.24. The van der Waals surface area contributed by atoms with Gasteiger partial charge in [0.05, 0.1) is 0 Å². The van der Waals surface area contributed by atoms with Gasteiger partial charge in [0.15, 0.2) is 0 Å². The predicted molar refractivity (Wildman–Crippen MR) is 59.0 cm³/mol. The first-order valence-electron chi connectivity index (χ1n) is 4.68. The van der Waals surface area contributed by atoms with Crippen LogP contribution >= 0.6 is 0 Å². The van der Waals surface area contributed by atoms with E-state index >= 15 is 0 Å². The Morgan fingerprint density at radius 2 is 2.00 bits per heavy atom. The van der Waals surface area contributed by atoms with Crippen molar-refractivity contribution >= 4 is 16.9 Å². The number of benzene rings is 2. The van der Waals surface area contributed by atoms with Gasteiger partial charge in [-0.05, 0) is 11.5 Å². The Morgan fingerprint density at radius 1 is 1.27 bits per heavy atom. The highest BCUT2D eigenvalue weighted by atomic mass is 16.7. The van der Waals surface area contributed by atoms with Gasteiger partial charge in [0.25, 0.3) is 0 Å². The van der Waals surface area contributed by atoms with E-state index in [1.54, 1.807) is 6.07 Å². The topological polar surface area (TPSA) is 38.3 Å². The van der Waals surface area contributed by atoms with Crippen molar-refractivity contribution in [2.24, 2.45) is 0 Å². The lowest BCUT2D eigenvalue weighted by molar-refractivity contribution is 0.203. The molecule has 2 aromatic carbocycles. The van der Waals surface area contributed by atoms with Crippen LogP contribution in [0.3, 0.4) is 0 Å². The fourth-order valence-corrected chi connectivity index (χ4v) is 1.44. The van der Waals surface area contributed by atoms with Crippen molar-refractivity contribution in [3.63, 3.8) is 0 Å². The molecule has 0 spiro atoms. The van der Waals surface area contributed by atoms with Crippen LogP contribution < -0.4 is 10.1 Å². The third kappa shape index (κ3) is 1.91. The molecule has 3 heteroatoms. The largest absolute Gasteiger partial charge is 0.412 e. The van der Waals surface area contributed by atoms with Crippen LogP contribution in [0.25, 0.3) is 10.8 Å². The van der Waals surface area contributed by atoms with E-state index in [0.29, 0.717) is 5.75 Å². The zero-order valence-electron chi connectivity index (χ0n) is 8.36. The van der Waals surface area contributed by atoms with E-state index in [9.17, 15) is 4.79 Å². The number of rotatable bonds is 1. The summed E-state index contributed by atoms with van der Waals surface area (Å²) >= 11 is 0. The maximum Gasteiger partial charge on any atom is 0.412 e. The molecule has 0 aliphatic heterocycles. The fourth-order valence-electron chi connectivity index (χ4n) is 1.44. The second kappa shape index (κ2) is 4.00. The van der Waals surface area contributed by atoms with E-state index in [0.717, 1.165) is 10.8 Å². The lowest BCUT2D eigenvalue weighted by atomic mass is 10.2. The first kappa shape index (κ1) is 9.52. The molecule has 0 aliphatic rings. The molecule has 0 aliphatic carbocycles. The summed E-state index contributed by atoms with van der Waals surface area (Å²) in [4.78, 5) is 11.1. The molecule has 1 amide bonds. The summed E-state index contributed by atoms with van der Waals surface area (Å²) in [7, 11) is 1.54. The first-order valence-corrected chi connectivity index (χ1v) is 4.68. The SMILES string of the molecule is CNC(=O)O[14c]1cccc2ccccc21. The third-order valence-electron chi connectivity index (χ3n) is 2.16. The van der Waals surface area contributed by atoms with Crippen LogP contribution in [0.5, 0.6) is 5.75 Å². The molecule has 76 valence electrons. The van der Waals surface area contributed by atoms with Crippen molar-refractivity contribution < 1.29 is 9.53 Å². The highest BCUT2D eigenvalue weighted by molar-refractivity contribution is 5.90. The normalized spacial score (nSPS) is 9.93. The van der Waals surface area contributed by atoms with Gasteiger partial charge < -0.3 is 10.1 Å². The lowest BCUT2D eigenvalue weighted by Gasteiger charge is -2.06. The van der Waals surface area contributed by atoms with Crippen LogP contribution in [0.1, 0.15) is 0 Å². The van der Waals surface area contributed by atoms with E-state index in [1.165, 1.54) is 7.05 Å². The number of nitrogens with one attached hydrogen (secondary N) is 1. The smallest absolute Gasteiger partial charge is 0.410 e. The van der Waals surface area contributed by atoms with E-state index < -0.39 is 6.09 Å². The first-order chi connectivity index (χ1) is 7.31. The molecule has 0 aromatic heterocycles. The third-order valence-corrected chi connectivity index (χ3v) is 2.16. The highest BCUT2D eigenvalue weighted by Gasteiger charge is 2.04. The minimum absolute atomic E-state index is 0.452. The van der Waals surface area contributed by atoms with Crippen molar-refractivity contribution in [1.29, 1.82) is 0 Å². The van der Waals surface area contributed by atoms with E-state index in [-0.39, 0.29) is 0 Å². The molecule has 0 saturated carbocycles. The molecule has 0 saturated heterocycles. The summed E-state index contributed by atoms with van der Waals surface area (Å²) in [6.45, 7) is 0. The number of carbonyl (C=O) groups excluding carboxylic acids is 1. The van der Waals surface area contributed by atoms with Crippen LogP contribution in [0.2, 0.25) is 0 Å². The number of carbonyl (C=O) groups is 1. The maximum atomic E-state index is 11.1. The minimum Gasteiger partial charge on any atom is -0.410 e. The zero-order valence-corrected chi connectivity index (χ0v) is 8.36. The standard InChI is InChI=1S/C12H11NO2/c1-13-12(14)15-11-8-4-6-9-5-2-3-7-10(9)11/h2-8H,1H3,(H,13,14)/i11+2. The van der Waals surface area contributed by atoms with E-state index in [2.05, 4.69) is 5.32 Å². The number of fused-ring (bicyclic) bond motifs is 1. The number of hydrogen-bond donors (Lipinski definition) is 1. The van der Waals surface area contributed by atoms with Crippen LogP contribution in [0.15, 0.2) is 42.5 Å². The summed E-state index contributed by atoms with van der Waals surface area (Å²) in [6, 6.07) is 13.4. The summed E-state index contributed by atoms with van der Waals surface area (Å²) < 4.78 is 5.13. The predicted octanol–water partition coefficient (Wildman–Crippen LogP) is 2.56. The van der Waals surface area contributed by atoms with Crippen LogP contribution in [-0.4, -0.2) is 13.1 Å². The van der Waals surface area contributed by atoms with Crippen molar-refractivity contribution in [3.05, 3.63) is 42.5 Å². The summed E-state index contributed by atoms with van der Waals surface area (Å²) in [6.07, 6.45) is -0.452. The Bertz CT molecular complexity index is 488. The van der Waals surface area contributed by atoms with Crippen molar-refractivity contribution in [2.75, 3.05) is 7.05 Å². The van der Waals surface area contributed by atoms with E-state index in [1.807, 2.05) is 36.4 Å². The fraction of sp³-hybridized carbons (Fsp3) is 0.0833.